The van der Waals surface area contributed by atoms with E-state index in [1.54, 1.807) is 6.92 Å². The molecule has 0 aliphatic carbocycles. The van der Waals surface area contributed by atoms with Gasteiger partial charge in [0.05, 0.1) is 5.54 Å². The number of hydrogen-bond acceptors (Lipinski definition) is 2. The van der Waals surface area contributed by atoms with Crippen molar-refractivity contribution in [2.24, 2.45) is 0 Å². The summed E-state index contributed by atoms with van der Waals surface area (Å²) >= 11 is 0. The first kappa shape index (κ1) is 14.6. The van der Waals surface area contributed by atoms with Gasteiger partial charge < -0.3 is 10.0 Å². The average molecular weight is 273 g/mol. The molecular weight excluding hydrogens is 250 g/mol. The van der Waals surface area contributed by atoms with Gasteiger partial charge in [-0.25, -0.2) is 4.79 Å². The first-order valence-electron chi connectivity index (χ1n) is 6.98. The average Bonchev–Trinajstić information content (AvgIpc) is 2.30. The molecule has 1 aliphatic rings. The van der Waals surface area contributed by atoms with E-state index in [1.165, 1.54) is 16.7 Å². The molecule has 1 unspecified atom stereocenters. The molecule has 1 heterocycles. The molecule has 1 aromatic rings. The summed E-state index contributed by atoms with van der Waals surface area (Å²) in [6.45, 7) is 12.1. The standard InChI is InChI=1S/C17H23NO2/c1-10-7-14-12(3)9-17(5,6)18(13(4)16(19)20)15(14)8-11(10)2/h7-9,13H,1-6H3,(H,19,20). The van der Waals surface area contributed by atoms with Gasteiger partial charge in [0.25, 0.3) is 0 Å². The predicted octanol–water partition coefficient (Wildman–Crippen LogP) is 3.78. The van der Waals surface area contributed by atoms with E-state index < -0.39 is 12.0 Å². The highest BCUT2D eigenvalue weighted by atomic mass is 16.4. The third-order valence-electron chi connectivity index (χ3n) is 4.23. The molecule has 2 rings (SSSR count). The minimum Gasteiger partial charge on any atom is -0.480 e. The second-order valence-electron chi connectivity index (χ2n) is 6.32. The third-order valence-corrected chi connectivity index (χ3v) is 4.23. The van der Waals surface area contributed by atoms with Gasteiger partial charge in [0.2, 0.25) is 0 Å². The number of anilines is 1. The largest absolute Gasteiger partial charge is 0.480 e. The molecule has 0 bridgehead atoms. The number of aryl methyl sites for hydroxylation is 2. The minimum absolute atomic E-state index is 0.309. The first-order chi connectivity index (χ1) is 9.15. The molecule has 0 saturated heterocycles. The summed E-state index contributed by atoms with van der Waals surface area (Å²) in [4.78, 5) is 13.5. The Bertz CT molecular complexity index is 599. The molecule has 1 aromatic carbocycles. The van der Waals surface area contributed by atoms with E-state index in [1.807, 2.05) is 4.90 Å². The van der Waals surface area contributed by atoms with E-state index in [9.17, 15) is 9.90 Å². The van der Waals surface area contributed by atoms with Crippen molar-refractivity contribution in [2.45, 2.75) is 53.1 Å². The van der Waals surface area contributed by atoms with Crippen molar-refractivity contribution in [2.75, 3.05) is 4.90 Å². The van der Waals surface area contributed by atoms with Gasteiger partial charge in [0.1, 0.15) is 6.04 Å². The van der Waals surface area contributed by atoms with Crippen LogP contribution in [0, 0.1) is 13.8 Å². The summed E-state index contributed by atoms with van der Waals surface area (Å²) in [6.07, 6.45) is 2.16. The summed E-state index contributed by atoms with van der Waals surface area (Å²) in [5, 5.41) is 9.42. The Labute approximate surface area is 120 Å². The van der Waals surface area contributed by atoms with Crippen LogP contribution in [0.1, 0.15) is 44.4 Å². The van der Waals surface area contributed by atoms with Gasteiger partial charge in [-0.1, -0.05) is 6.08 Å². The normalized spacial score (nSPS) is 18.3. The highest BCUT2D eigenvalue weighted by Gasteiger charge is 2.37. The summed E-state index contributed by atoms with van der Waals surface area (Å²) in [5.41, 5.74) is 5.49. The summed E-state index contributed by atoms with van der Waals surface area (Å²) in [7, 11) is 0. The number of rotatable bonds is 2. The molecule has 108 valence electrons. The van der Waals surface area contributed by atoms with Crippen molar-refractivity contribution in [3.63, 3.8) is 0 Å². The van der Waals surface area contributed by atoms with Crippen LogP contribution >= 0.6 is 0 Å². The second-order valence-corrected chi connectivity index (χ2v) is 6.32. The van der Waals surface area contributed by atoms with Crippen LogP contribution in [0.25, 0.3) is 5.57 Å². The lowest BCUT2D eigenvalue weighted by molar-refractivity contribution is -0.138. The number of hydrogen-bond donors (Lipinski definition) is 1. The number of benzene rings is 1. The Balaban J connectivity index is 2.70. The van der Waals surface area contributed by atoms with E-state index in [4.69, 9.17) is 0 Å². The molecule has 3 heteroatoms. The Kier molecular flexibility index (Phi) is 3.41. The van der Waals surface area contributed by atoms with Crippen LogP contribution in [0.4, 0.5) is 5.69 Å². The number of carboxylic acids is 1. The van der Waals surface area contributed by atoms with Crippen LogP contribution in [0.5, 0.6) is 0 Å². The Hall–Kier alpha value is -1.77. The van der Waals surface area contributed by atoms with E-state index in [2.05, 4.69) is 52.8 Å². The van der Waals surface area contributed by atoms with Crippen LogP contribution in [-0.2, 0) is 4.79 Å². The lowest BCUT2D eigenvalue weighted by Crippen LogP contribution is -2.53. The molecule has 0 fully saturated rings. The summed E-state index contributed by atoms with van der Waals surface area (Å²) in [6, 6.07) is 3.71. The molecule has 3 nitrogen and oxygen atoms in total. The Morgan fingerprint density at radius 3 is 2.30 bits per heavy atom. The SMILES string of the molecule is CC1=CC(C)(C)N(C(C)C(=O)O)c2cc(C)c(C)cc21. The second kappa shape index (κ2) is 4.65. The molecule has 1 aliphatic heterocycles. The lowest BCUT2D eigenvalue weighted by Gasteiger charge is -2.45. The van der Waals surface area contributed by atoms with Gasteiger partial charge >= 0.3 is 5.97 Å². The molecular formula is C17H23NO2. The van der Waals surface area contributed by atoms with Crippen molar-refractivity contribution in [1.29, 1.82) is 0 Å². The fourth-order valence-corrected chi connectivity index (χ4v) is 3.12. The zero-order valence-corrected chi connectivity index (χ0v) is 13.1. The van der Waals surface area contributed by atoms with E-state index >= 15 is 0 Å². The first-order valence-corrected chi connectivity index (χ1v) is 6.98. The number of allylic oxidation sites excluding steroid dienone is 1. The number of carboxylic acid groups (broad SMARTS) is 1. The maximum Gasteiger partial charge on any atom is 0.326 e. The fourth-order valence-electron chi connectivity index (χ4n) is 3.12. The molecule has 1 N–H and O–H groups in total. The quantitative estimate of drug-likeness (QED) is 0.891. The predicted molar refractivity (Wildman–Crippen MR) is 83.2 cm³/mol. The van der Waals surface area contributed by atoms with Crippen LogP contribution in [0.15, 0.2) is 18.2 Å². The minimum atomic E-state index is -0.796. The number of fused-ring (bicyclic) bond motifs is 1. The monoisotopic (exact) mass is 273 g/mol. The van der Waals surface area contributed by atoms with E-state index in [-0.39, 0.29) is 5.54 Å². The van der Waals surface area contributed by atoms with Crippen molar-refractivity contribution in [3.8, 4) is 0 Å². The maximum atomic E-state index is 11.5. The Morgan fingerprint density at radius 2 is 1.75 bits per heavy atom. The van der Waals surface area contributed by atoms with Gasteiger partial charge in [0.15, 0.2) is 0 Å². The molecule has 1 atom stereocenters. The highest BCUT2D eigenvalue weighted by molar-refractivity contribution is 5.87. The number of aliphatic carboxylic acids is 1. The molecule has 0 radical (unpaired) electrons. The summed E-state index contributed by atoms with van der Waals surface area (Å²) < 4.78 is 0. The van der Waals surface area contributed by atoms with Gasteiger partial charge in [-0.15, -0.1) is 0 Å². The van der Waals surface area contributed by atoms with E-state index in [0.717, 1.165) is 11.3 Å². The van der Waals surface area contributed by atoms with Gasteiger partial charge in [-0.05, 0) is 70.4 Å². The van der Waals surface area contributed by atoms with Gasteiger partial charge in [-0.2, -0.15) is 0 Å². The molecule has 20 heavy (non-hydrogen) atoms. The third kappa shape index (κ3) is 2.21. The van der Waals surface area contributed by atoms with Crippen molar-refractivity contribution in [1.82, 2.24) is 0 Å². The number of carbonyl (C=O) groups is 1. The van der Waals surface area contributed by atoms with Crippen molar-refractivity contribution in [3.05, 3.63) is 34.9 Å². The molecule has 0 amide bonds. The van der Waals surface area contributed by atoms with Gasteiger partial charge in [-0.3, -0.25) is 0 Å². The lowest BCUT2D eigenvalue weighted by atomic mass is 9.86. The van der Waals surface area contributed by atoms with Crippen LogP contribution in [0.3, 0.4) is 0 Å². The van der Waals surface area contributed by atoms with Crippen molar-refractivity contribution < 1.29 is 9.90 Å². The molecule has 0 spiro atoms. The Morgan fingerprint density at radius 1 is 1.20 bits per heavy atom. The summed E-state index contributed by atoms with van der Waals surface area (Å²) in [5.74, 6) is -0.796. The molecule has 0 aromatic heterocycles. The van der Waals surface area contributed by atoms with Gasteiger partial charge in [0, 0.05) is 11.3 Å². The topological polar surface area (TPSA) is 40.5 Å². The highest BCUT2D eigenvalue weighted by Crippen LogP contribution is 2.41. The van der Waals surface area contributed by atoms with Crippen LogP contribution in [0.2, 0.25) is 0 Å². The fraction of sp³-hybridized carbons (Fsp3) is 0.471. The van der Waals surface area contributed by atoms with Crippen LogP contribution < -0.4 is 4.90 Å². The van der Waals surface area contributed by atoms with Crippen LogP contribution in [-0.4, -0.2) is 22.7 Å². The zero-order chi connectivity index (χ0) is 15.2. The maximum absolute atomic E-state index is 11.5. The molecule has 0 saturated carbocycles. The van der Waals surface area contributed by atoms with E-state index in [0.29, 0.717) is 0 Å². The number of nitrogens with zero attached hydrogens (tertiary/aromatic N) is 1. The smallest absolute Gasteiger partial charge is 0.326 e. The zero-order valence-electron chi connectivity index (χ0n) is 13.1. The van der Waals surface area contributed by atoms with Crippen molar-refractivity contribution >= 4 is 17.2 Å².